The van der Waals surface area contributed by atoms with Crippen LogP contribution >= 0.6 is 11.3 Å². The predicted octanol–water partition coefficient (Wildman–Crippen LogP) is 2.23. The first-order valence-electron chi connectivity index (χ1n) is 4.94. The van der Waals surface area contributed by atoms with Crippen LogP contribution in [-0.2, 0) is 9.63 Å². The van der Waals surface area contributed by atoms with Gasteiger partial charge in [0.05, 0.1) is 13.2 Å². The standard InChI is InChI=1S/C11H13NO2S/c1-9-3-4-10(15-9)5-6-11(13)12-7-2-8-14-12/h3-6H,2,7-8H2,1H3/b6-5+. The van der Waals surface area contributed by atoms with Crippen LogP contribution in [0.4, 0.5) is 0 Å². The third-order valence-corrected chi connectivity index (χ3v) is 3.12. The van der Waals surface area contributed by atoms with Crippen LogP contribution in [-0.4, -0.2) is 24.1 Å². The van der Waals surface area contributed by atoms with E-state index in [1.165, 1.54) is 9.94 Å². The molecule has 2 rings (SSSR count). The SMILES string of the molecule is Cc1ccc(/C=C/C(=O)N2CCCO2)s1. The molecule has 3 nitrogen and oxygen atoms in total. The largest absolute Gasteiger partial charge is 0.271 e. The first kappa shape index (κ1) is 10.4. The summed E-state index contributed by atoms with van der Waals surface area (Å²) in [4.78, 5) is 19.0. The van der Waals surface area contributed by atoms with Crippen LogP contribution in [0.1, 0.15) is 16.2 Å². The van der Waals surface area contributed by atoms with Gasteiger partial charge in [-0.1, -0.05) is 0 Å². The molecule has 1 aliphatic heterocycles. The Kier molecular flexibility index (Phi) is 3.18. The Morgan fingerprint density at radius 2 is 2.47 bits per heavy atom. The predicted molar refractivity (Wildman–Crippen MR) is 60.4 cm³/mol. The lowest BCUT2D eigenvalue weighted by Gasteiger charge is -2.09. The van der Waals surface area contributed by atoms with Gasteiger partial charge in [0.2, 0.25) is 0 Å². The lowest BCUT2D eigenvalue weighted by Crippen LogP contribution is -2.24. The van der Waals surface area contributed by atoms with E-state index in [1.807, 2.05) is 25.1 Å². The molecule has 80 valence electrons. The Bertz CT molecular complexity index is 378. The number of hydrogen-bond donors (Lipinski definition) is 0. The van der Waals surface area contributed by atoms with E-state index < -0.39 is 0 Å². The molecule has 0 radical (unpaired) electrons. The molecule has 0 bridgehead atoms. The molecule has 1 fully saturated rings. The van der Waals surface area contributed by atoms with Crippen LogP contribution in [0.3, 0.4) is 0 Å². The summed E-state index contributed by atoms with van der Waals surface area (Å²) in [7, 11) is 0. The van der Waals surface area contributed by atoms with Crippen molar-refractivity contribution in [1.29, 1.82) is 0 Å². The number of carbonyl (C=O) groups is 1. The van der Waals surface area contributed by atoms with Crippen LogP contribution in [0.15, 0.2) is 18.2 Å². The van der Waals surface area contributed by atoms with Gasteiger partial charge < -0.3 is 0 Å². The van der Waals surface area contributed by atoms with E-state index in [2.05, 4.69) is 0 Å². The minimum Gasteiger partial charge on any atom is -0.271 e. The van der Waals surface area contributed by atoms with E-state index in [9.17, 15) is 4.79 Å². The van der Waals surface area contributed by atoms with Crippen molar-refractivity contribution in [3.8, 4) is 0 Å². The van der Waals surface area contributed by atoms with Crippen molar-refractivity contribution in [2.75, 3.05) is 13.2 Å². The van der Waals surface area contributed by atoms with E-state index in [0.717, 1.165) is 11.3 Å². The van der Waals surface area contributed by atoms with Crippen LogP contribution in [0.2, 0.25) is 0 Å². The molecule has 0 N–H and O–H groups in total. The third kappa shape index (κ3) is 2.67. The highest BCUT2D eigenvalue weighted by atomic mass is 32.1. The number of thiophene rings is 1. The Morgan fingerprint density at radius 1 is 1.60 bits per heavy atom. The van der Waals surface area contributed by atoms with Gasteiger partial charge in [0.1, 0.15) is 0 Å². The summed E-state index contributed by atoms with van der Waals surface area (Å²) in [5, 5.41) is 1.41. The number of rotatable bonds is 2. The quantitative estimate of drug-likeness (QED) is 0.720. The van der Waals surface area contributed by atoms with E-state index >= 15 is 0 Å². The number of carbonyl (C=O) groups excluding carboxylic acids is 1. The summed E-state index contributed by atoms with van der Waals surface area (Å²) in [5.41, 5.74) is 0. The highest BCUT2D eigenvalue weighted by molar-refractivity contribution is 7.12. The third-order valence-electron chi connectivity index (χ3n) is 2.15. The van der Waals surface area contributed by atoms with Crippen LogP contribution < -0.4 is 0 Å². The molecule has 1 aliphatic rings. The van der Waals surface area contributed by atoms with Crippen molar-refractivity contribution >= 4 is 23.3 Å². The monoisotopic (exact) mass is 223 g/mol. The normalized spacial score (nSPS) is 16.5. The van der Waals surface area contributed by atoms with Crippen molar-refractivity contribution in [2.24, 2.45) is 0 Å². The molecule has 2 heterocycles. The number of hydrogen-bond acceptors (Lipinski definition) is 3. The molecular formula is C11H13NO2S. The fourth-order valence-electron chi connectivity index (χ4n) is 1.40. The molecular weight excluding hydrogens is 210 g/mol. The zero-order chi connectivity index (χ0) is 10.7. The molecule has 1 saturated heterocycles. The van der Waals surface area contributed by atoms with Gasteiger partial charge in [0, 0.05) is 15.8 Å². The van der Waals surface area contributed by atoms with E-state index in [1.54, 1.807) is 17.4 Å². The fraction of sp³-hybridized carbons (Fsp3) is 0.364. The summed E-state index contributed by atoms with van der Waals surface area (Å²) >= 11 is 1.67. The second-order valence-corrected chi connectivity index (χ2v) is 4.73. The smallest absolute Gasteiger partial charge is 0.270 e. The molecule has 1 aromatic heterocycles. The fourth-order valence-corrected chi connectivity index (χ4v) is 2.18. The summed E-state index contributed by atoms with van der Waals surface area (Å²) in [5.74, 6) is -0.0708. The van der Waals surface area contributed by atoms with Gasteiger partial charge >= 0.3 is 0 Å². The summed E-state index contributed by atoms with van der Waals surface area (Å²) in [6.45, 7) is 3.40. The lowest BCUT2D eigenvalue weighted by molar-refractivity contribution is -0.162. The maximum atomic E-state index is 11.5. The number of amides is 1. The zero-order valence-corrected chi connectivity index (χ0v) is 9.42. The highest BCUT2D eigenvalue weighted by Crippen LogP contribution is 2.16. The zero-order valence-electron chi connectivity index (χ0n) is 8.60. The first-order valence-corrected chi connectivity index (χ1v) is 5.76. The van der Waals surface area contributed by atoms with Gasteiger partial charge in [0.15, 0.2) is 0 Å². The summed E-state index contributed by atoms with van der Waals surface area (Å²) < 4.78 is 0. The Morgan fingerprint density at radius 3 is 3.07 bits per heavy atom. The Labute approximate surface area is 92.9 Å². The molecule has 0 saturated carbocycles. The van der Waals surface area contributed by atoms with E-state index in [0.29, 0.717) is 13.2 Å². The molecule has 15 heavy (non-hydrogen) atoms. The van der Waals surface area contributed by atoms with Crippen LogP contribution in [0.25, 0.3) is 6.08 Å². The number of aryl methyl sites for hydroxylation is 1. The van der Waals surface area contributed by atoms with Gasteiger partial charge in [-0.05, 0) is 31.6 Å². The molecule has 0 unspecified atom stereocenters. The topological polar surface area (TPSA) is 29.5 Å². The molecule has 0 atom stereocenters. The van der Waals surface area contributed by atoms with Crippen LogP contribution in [0, 0.1) is 6.92 Å². The second-order valence-electron chi connectivity index (χ2n) is 3.41. The number of hydroxylamine groups is 2. The average molecular weight is 223 g/mol. The van der Waals surface area contributed by atoms with Crippen molar-refractivity contribution in [3.63, 3.8) is 0 Å². The van der Waals surface area contributed by atoms with Gasteiger partial charge in [-0.2, -0.15) is 0 Å². The van der Waals surface area contributed by atoms with Crippen LogP contribution in [0.5, 0.6) is 0 Å². The Hall–Kier alpha value is -1.13. The minimum atomic E-state index is -0.0708. The molecule has 0 aromatic carbocycles. The molecule has 1 aromatic rings. The maximum absolute atomic E-state index is 11.5. The first-order chi connectivity index (χ1) is 7.25. The van der Waals surface area contributed by atoms with Gasteiger partial charge in [-0.15, -0.1) is 11.3 Å². The lowest BCUT2D eigenvalue weighted by atomic mass is 10.4. The van der Waals surface area contributed by atoms with Gasteiger partial charge in [0.25, 0.3) is 5.91 Å². The maximum Gasteiger partial charge on any atom is 0.270 e. The minimum absolute atomic E-state index is 0.0708. The van der Waals surface area contributed by atoms with Crippen molar-refractivity contribution in [3.05, 3.63) is 28.0 Å². The van der Waals surface area contributed by atoms with E-state index in [-0.39, 0.29) is 5.91 Å². The molecule has 4 heteroatoms. The molecule has 0 spiro atoms. The summed E-state index contributed by atoms with van der Waals surface area (Å²) in [6.07, 6.45) is 4.33. The van der Waals surface area contributed by atoms with Gasteiger partial charge in [-0.3, -0.25) is 9.63 Å². The summed E-state index contributed by atoms with van der Waals surface area (Å²) in [6, 6.07) is 4.05. The molecule has 0 aliphatic carbocycles. The Balaban J connectivity index is 1.95. The average Bonchev–Trinajstić information content (AvgIpc) is 2.84. The van der Waals surface area contributed by atoms with E-state index in [4.69, 9.17) is 4.84 Å². The van der Waals surface area contributed by atoms with Crippen molar-refractivity contribution in [2.45, 2.75) is 13.3 Å². The van der Waals surface area contributed by atoms with Gasteiger partial charge in [-0.25, -0.2) is 5.06 Å². The molecule has 1 amide bonds. The highest BCUT2D eigenvalue weighted by Gasteiger charge is 2.16. The second kappa shape index (κ2) is 4.59. The van der Waals surface area contributed by atoms with Crippen molar-refractivity contribution in [1.82, 2.24) is 5.06 Å². The number of nitrogens with zero attached hydrogens (tertiary/aromatic N) is 1. The van der Waals surface area contributed by atoms with Crippen molar-refractivity contribution < 1.29 is 9.63 Å².